The highest BCUT2D eigenvalue weighted by Crippen LogP contribution is 2.38. The molecule has 3 atom stereocenters. The van der Waals surface area contributed by atoms with E-state index in [1.807, 2.05) is 75.4 Å². The van der Waals surface area contributed by atoms with Crippen molar-refractivity contribution in [2.45, 2.75) is 57.6 Å². The van der Waals surface area contributed by atoms with Gasteiger partial charge in [-0.3, -0.25) is 5.10 Å². The minimum absolute atomic E-state index is 0.0232. The molecule has 0 saturated carbocycles. The number of rotatable bonds is 6. The van der Waals surface area contributed by atoms with Gasteiger partial charge in [-0.05, 0) is 56.9 Å². The topological polar surface area (TPSA) is 75.3 Å². The van der Waals surface area contributed by atoms with Gasteiger partial charge < -0.3 is 4.74 Å². The highest BCUT2D eigenvalue weighted by molar-refractivity contribution is 7.89. The smallest absolute Gasteiger partial charge is 0.221 e. The van der Waals surface area contributed by atoms with Gasteiger partial charge in [0, 0.05) is 23.8 Å². The molecule has 31 heavy (non-hydrogen) atoms. The van der Waals surface area contributed by atoms with Gasteiger partial charge in [-0.15, -0.1) is 0 Å². The predicted octanol–water partition coefficient (Wildman–Crippen LogP) is 4.91. The van der Waals surface area contributed by atoms with Gasteiger partial charge in [0.05, 0.1) is 6.20 Å². The summed E-state index contributed by atoms with van der Waals surface area (Å²) >= 11 is 0. The number of H-pyrrole nitrogens is 1. The van der Waals surface area contributed by atoms with Gasteiger partial charge in [-0.1, -0.05) is 42.5 Å². The maximum Gasteiger partial charge on any atom is 0.221 e. The molecule has 0 radical (unpaired) electrons. The highest BCUT2D eigenvalue weighted by Gasteiger charge is 2.40. The Bertz CT molecular complexity index is 1110. The molecule has 0 amide bonds. The summed E-state index contributed by atoms with van der Waals surface area (Å²) in [6.07, 6.45) is 3.16. The first-order valence-corrected chi connectivity index (χ1v) is 12.2. The van der Waals surface area contributed by atoms with Gasteiger partial charge in [0.2, 0.25) is 10.0 Å². The van der Waals surface area contributed by atoms with E-state index in [9.17, 15) is 8.42 Å². The lowest BCUT2D eigenvalue weighted by atomic mass is 10.0. The quantitative estimate of drug-likeness (QED) is 0.592. The number of sulfonamides is 1. The number of ether oxygens (including phenoxy) is 1. The van der Waals surface area contributed by atoms with Crippen LogP contribution in [0.2, 0.25) is 0 Å². The standard InChI is InChI=1S/C24H29N3O3S/c1-17-9-14-24(21-7-5-4-6-8-21)31(28,29)27(17)16-20-10-12-22(13-11-20)30-19(3)23-15-25-26-18(23)2/h4-8,10-13,15,17,19,24H,9,14,16H2,1-3H3,(H,25,26)/t17-,19?,24?/m0/s1. The van der Waals surface area contributed by atoms with Gasteiger partial charge in [-0.2, -0.15) is 9.40 Å². The number of nitrogens with zero attached hydrogens (tertiary/aromatic N) is 2. The maximum atomic E-state index is 13.4. The van der Waals surface area contributed by atoms with Crippen LogP contribution in [-0.2, 0) is 16.6 Å². The Morgan fingerprint density at radius 2 is 1.84 bits per heavy atom. The van der Waals surface area contributed by atoms with E-state index < -0.39 is 15.3 Å². The summed E-state index contributed by atoms with van der Waals surface area (Å²) < 4.78 is 34.5. The van der Waals surface area contributed by atoms with Crippen LogP contribution in [0.1, 0.15) is 60.4 Å². The number of hydrogen-bond acceptors (Lipinski definition) is 4. The van der Waals surface area contributed by atoms with Crippen molar-refractivity contribution in [1.29, 1.82) is 0 Å². The average Bonchev–Trinajstić information content (AvgIpc) is 3.19. The maximum absolute atomic E-state index is 13.4. The first-order valence-electron chi connectivity index (χ1n) is 10.7. The van der Waals surface area contributed by atoms with E-state index >= 15 is 0 Å². The first kappa shape index (κ1) is 21.6. The zero-order chi connectivity index (χ0) is 22.0. The third-order valence-corrected chi connectivity index (χ3v) is 8.45. The van der Waals surface area contributed by atoms with E-state index in [1.165, 1.54) is 0 Å². The van der Waals surface area contributed by atoms with Gasteiger partial charge in [0.25, 0.3) is 0 Å². The molecule has 4 rings (SSSR count). The fourth-order valence-corrected chi connectivity index (χ4v) is 6.44. The van der Waals surface area contributed by atoms with Gasteiger partial charge >= 0.3 is 0 Å². The van der Waals surface area contributed by atoms with Crippen LogP contribution in [0.5, 0.6) is 5.75 Å². The summed E-state index contributed by atoms with van der Waals surface area (Å²) in [5, 5.41) is 6.49. The minimum atomic E-state index is -3.44. The normalized spacial score (nSPS) is 22.2. The lowest BCUT2D eigenvalue weighted by Crippen LogP contribution is -2.44. The molecule has 7 heteroatoms. The first-order chi connectivity index (χ1) is 14.9. The predicted molar refractivity (Wildman–Crippen MR) is 121 cm³/mol. The van der Waals surface area contributed by atoms with Gasteiger partial charge in [0.1, 0.15) is 17.1 Å². The Hall–Kier alpha value is -2.64. The van der Waals surface area contributed by atoms with Crippen molar-refractivity contribution in [2.24, 2.45) is 0 Å². The van der Waals surface area contributed by atoms with Crippen LogP contribution < -0.4 is 4.74 Å². The molecule has 1 fully saturated rings. The molecule has 1 aliphatic heterocycles. The second kappa shape index (κ2) is 8.85. The van der Waals surface area contributed by atoms with Gasteiger partial charge in [-0.25, -0.2) is 8.42 Å². The van der Waals surface area contributed by atoms with Crippen molar-refractivity contribution in [2.75, 3.05) is 0 Å². The van der Waals surface area contributed by atoms with E-state index in [0.717, 1.165) is 34.6 Å². The van der Waals surface area contributed by atoms with Crippen LogP contribution in [0.4, 0.5) is 0 Å². The second-order valence-electron chi connectivity index (χ2n) is 8.27. The molecule has 2 heterocycles. The minimum Gasteiger partial charge on any atom is -0.486 e. The number of nitrogens with one attached hydrogen (secondary N) is 1. The molecule has 0 bridgehead atoms. The molecule has 3 aromatic rings. The number of aryl methyl sites for hydroxylation is 1. The number of aromatic amines is 1. The summed E-state index contributed by atoms with van der Waals surface area (Å²) in [6.45, 7) is 6.31. The zero-order valence-corrected chi connectivity index (χ0v) is 19.0. The summed E-state index contributed by atoms with van der Waals surface area (Å²) in [6, 6.07) is 17.2. The SMILES string of the molecule is Cc1[nH]ncc1C(C)Oc1ccc(CN2[C@@H](C)CCC(c3ccccc3)S2(=O)=O)cc1. The van der Waals surface area contributed by atoms with E-state index in [4.69, 9.17) is 4.74 Å². The largest absolute Gasteiger partial charge is 0.486 e. The molecule has 1 aliphatic rings. The molecule has 6 nitrogen and oxygen atoms in total. The molecule has 1 saturated heterocycles. The summed E-state index contributed by atoms with van der Waals surface area (Å²) in [4.78, 5) is 0. The van der Waals surface area contributed by atoms with Crippen molar-refractivity contribution in [1.82, 2.24) is 14.5 Å². The second-order valence-corrected chi connectivity index (χ2v) is 10.3. The summed E-state index contributed by atoms with van der Waals surface area (Å²) in [7, 11) is -3.44. The fourth-order valence-electron chi connectivity index (χ4n) is 4.24. The number of aromatic nitrogens is 2. The van der Waals surface area contributed by atoms with Crippen molar-refractivity contribution < 1.29 is 13.2 Å². The van der Waals surface area contributed by atoms with Crippen LogP contribution in [-0.4, -0.2) is 29.0 Å². The third kappa shape index (κ3) is 4.52. The van der Waals surface area contributed by atoms with E-state index in [2.05, 4.69) is 10.2 Å². The number of hydrogen-bond donors (Lipinski definition) is 1. The van der Waals surface area contributed by atoms with Crippen LogP contribution in [0, 0.1) is 6.92 Å². The molecule has 2 aromatic carbocycles. The van der Waals surface area contributed by atoms with E-state index in [0.29, 0.717) is 13.0 Å². The molecule has 1 aromatic heterocycles. The van der Waals surface area contributed by atoms with Crippen LogP contribution >= 0.6 is 0 Å². The Balaban J connectivity index is 1.48. The van der Waals surface area contributed by atoms with E-state index in [-0.39, 0.29) is 12.1 Å². The highest BCUT2D eigenvalue weighted by atomic mass is 32.2. The molecular weight excluding hydrogens is 410 g/mol. The van der Waals surface area contributed by atoms with Crippen LogP contribution in [0.3, 0.4) is 0 Å². The zero-order valence-electron chi connectivity index (χ0n) is 18.2. The van der Waals surface area contributed by atoms with E-state index in [1.54, 1.807) is 10.5 Å². The molecular formula is C24H29N3O3S. The van der Waals surface area contributed by atoms with Crippen molar-refractivity contribution >= 4 is 10.0 Å². The fraction of sp³-hybridized carbons (Fsp3) is 0.375. The average molecular weight is 440 g/mol. The lowest BCUT2D eigenvalue weighted by molar-refractivity contribution is 0.226. The summed E-state index contributed by atoms with van der Waals surface area (Å²) in [5.41, 5.74) is 3.82. The Kier molecular flexibility index (Phi) is 6.16. The lowest BCUT2D eigenvalue weighted by Gasteiger charge is -2.37. The Morgan fingerprint density at radius 3 is 2.48 bits per heavy atom. The van der Waals surface area contributed by atoms with Crippen LogP contribution in [0.25, 0.3) is 0 Å². The van der Waals surface area contributed by atoms with Gasteiger partial charge in [0.15, 0.2) is 0 Å². The van der Waals surface area contributed by atoms with Crippen LogP contribution in [0.15, 0.2) is 60.8 Å². The Labute approximate surface area is 184 Å². The molecule has 164 valence electrons. The summed E-state index contributed by atoms with van der Waals surface area (Å²) in [5.74, 6) is 0.744. The monoisotopic (exact) mass is 439 g/mol. The van der Waals surface area contributed by atoms with Crippen molar-refractivity contribution in [3.8, 4) is 5.75 Å². The van der Waals surface area contributed by atoms with Crippen molar-refractivity contribution in [3.63, 3.8) is 0 Å². The third-order valence-electron chi connectivity index (χ3n) is 6.08. The van der Waals surface area contributed by atoms with Crippen molar-refractivity contribution in [3.05, 3.63) is 83.2 Å². The molecule has 0 aliphatic carbocycles. The molecule has 1 N–H and O–H groups in total. The molecule has 0 spiro atoms. The Morgan fingerprint density at radius 1 is 1.13 bits per heavy atom. The molecule has 2 unspecified atom stereocenters. The number of benzene rings is 2.